The van der Waals surface area contributed by atoms with Gasteiger partial charge in [0.1, 0.15) is 0 Å². The number of aromatic nitrogens is 3. The molecule has 0 spiro atoms. The Balaban J connectivity index is 1.93. The van der Waals surface area contributed by atoms with Crippen LogP contribution < -0.4 is 16.8 Å². The molecule has 0 amide bonds. The number of fused-ring (bicyclic) bond motifs is 1. The van der Waals surface area contributed by atoms with E-state index < -0.39 is 0 Å². The van der Waals surface area contributed by atoms with E-state index in [9.17, 15) is 4.79 Å². The molecule has 2 heterocycles. The average molecular weight is 407 g/mol. The molecule has 0 fully saturated rings. The van der Waals surface area contributed by atoms with Gasteiger partial charge in [0.2, 0.25) is 5.95 Å². The minimum atomic E-state index is -0.235. The van der Waals surface area contributed by atoms with Gasteiger partial charge in [0.25, 0.3) is 5.56 Å². The molecule has 0 bridgehead atoms. The Hall–Kier alpha value is -4.16. The van der Waals surface area contributed by atoms with E-state index in [2.05, 4.69) is 44.2 Å². The zero-order valence-electron chi connectivity index (χ0n) is 16.7. The van der Waals surface area contributed by atoms with Crippen LogP contribution in [0.15, 0.2) is 95.8 Å². The van der Waals surface area contributed by atoms with Gasteiger partial charge in [0.15, 0.2) is 5.65 Å². The number of hydrazine groups is 1. The highest BCUT2D eigenvalue weighted by Crippen LogP contribution is 2.39. The second-order valence-electron chi connectivity index (χ2n) is 7.28. The van der Waals surface area contributed by atoms with Crippen LogP contribution in [0.5, 0.6) is 0 Å². The van der Waals surface area contributed by atoms with Crippen molar-refractivity contribution in [1.82, 2.24) is 14.5 Å². The van der Waals surface area contributed by atoms with Crippen molar-refractivity contribution in [2.24, 2.45) is 5.84 Å². The summed E-state index contributed by atoms with van der Waals surface area (Å²) in [5.74, 6) is 5.81. The third-order valence-electron chi connectivity index (χ3n) is 5.34. The lowest BCUT2D eigenvalue weighted by Gasteiger charge is -2.13. The molecular weight excluding hydrogens is 386 g/mol. The van der Waals surface area contributed by atoms with Gasteiger partial charge in [-0.05, 0) is 16.7 Å². The highest BCUT2D eigenvalue weighted by molar-refractivity contribution is 6.03. The minimum Gasteiger partial charge on any atom is -0.320 e. The molecule has 152 valence electrons. The topological polar surface area (TPSA) is 88.7 Å². The number of hydrogen-bond acceptors (Lipinski definition) is 4. The Morgan fingerprint density at radius 3 is 2.03 bits per heavy atom. The van der Waals surface area contributed by atoms with Crippen LogP contribution in [0.1, 0.15) is 5.56 Å². The molecule has 0 aliphatic carbocycles. The summed E-state index contributed by atoms with van der Waals surface area (Å²) in [5.41, 5.74) is 7.70. The maximum atomic E-state index is 13.2. The third-order valence-corrected chi connectivity index (χ3v) is 5.34. The zero-order chi connectivity index (χ0) is 21.2. The van der Waals surface area contributed by atoms with Gasteiger partial charge >= 0.3 is 0 Å². The molecule has 0 saturated carbocycles. The van der Waals surface area contributed by atoms with Gasteiger partial charge in [-0.15, -0.1) is 0 Å². The highest BCUT2D eigenvalue weighted by atomic mass is 16.1. The molecule has 5 rings (SSSR count). The molecule has 2 aromatic heterocycles. The number of hydrogen-bond donors (Lipinski definition) is 3. The van der Waals surface area contributed by atoms with Gasteiger partial charge in [0.05, 0.1) is 11.1 Å². The van der Waals surface area contributed by atoms with Crippen molar-refractivity contribution < 1.29 is 0 Å². The van der Waals surface area contributed by atoms with Crippen molar-refractivity contribution >= 4 is 17.0 Å². The Kier molecular flexibility index (Phi) is 4.82. The van der Waals surface area contributed by atoms with Gasteiger partial charge in [-0.3, -0.25) is 15.2 Å². The maximum absolute atomic E-state index is 13.2. The Morgan fingerprint density at radius 1 is 0.839 bits per heavy atom. The average Bonchev–Trinajstić information content (AvgIpc) is 3.15. The first-order valence-corrected chi connectivity index (χ1v) is 10.0. The van der Waals surface area contributed by atoms with Gasteiger partial charge < -0.3 is 4.57 Å². The number of benzene rings is 3. The summed E-state index contributed by atoms with van der Waals surface area (Å²) in [7, 11) is 0. The van der Waals surface area contributed by atoms with Crippen molar-refractivity contribution in [3.63, 3.8) is 0 Å². The lowest BCUT2D eigenvalue weighted by Crippen LogP contribution is -2.17. The molecular formula is C25H21N5O. The van der Waals surface area contributed by atoms with Crippen molar-refractivity contribution in [1.29, 1.82) is 0 Å². The molecule has 0 radical (unpaired) electrons. The van der Waals surface area contributed by atoms with Gasteiger partial charge in [-0.1, -0.05) is 91.0 Å². The number of H-pyrrole nitrogens is 1. The Labute approximate surface area is 179 Å². The summed E-state index contributed by atoms with van der Waals surface area (Å²) >= 11 is 0. The van der Waals surface area contributed by atoms with E-state index in [0.717, 1.165) is 27.9 Å². The predicted molar refractivity (Wildman–Crippen MR) is 125 cm³/mol. The predicted octanol–water partition coefficient (Wildman–Crippen LogP) is 4.39. The van der Waals surface area contributed by atoms with E-state index in [0.29, 0.717) is 17.6 Å². The van der Waals surface area contributed by atoms with E-state index in [1.165, 1.54) is 0 Å². The van der Waals surface area contributed by atoms with E-state index in [1.807, 2.05) is 66.7 Å². The summed E-state index contributed by atoms with van der Waals surface area (Å²) in [6, 6.07) is 30.2. The van der Waals surface area contributed by atoms with Crippen molar-refractivity contribution in [3.8, 4) is 22.4 Å². The Morgan fingerprint density at radius 2 is 1.42 bits per heavy atom. The number of aromatic amines is 1. The summed E-state index contributed by atoms with van der Waals surface area (Å²) in [6.45, 7) is 0.564. The van der Waals surface area contributed by atoms with Crippen LogP contribution in [0.2, 0.25) is 0 Å². The molecule has 0 atom stereocenters. The van der Waals surface area contributed by atoms with Crippen LogP contribution in [0, 0.1) is 0 Å². The van der Waals surface area contributed by atoms with Crippen LogP contribution in [-0.2, 0) is 6.54 Å². The largest absolute Gasteiger partial charge is 0.320 e. The number of rotatable bonds is 5. The normalized spacial score (nSPS) is 11.0. The van der Waals surface area contributed by atoms with E-state index in [1.54, 1.807) is 0 Å². The molecule has 6 heteroatoms. The molecule has 5 aromatic rings. The fourth-order valence-electron chi connectivity index (χ4n) is 4.01. The first-order chi connectivity index (χ1) is 15.3. The molecule has 0 saturated heterocycles. The summed E-state index contributed by atoms with van der Waals surface area (Å²) < 4.78 is 2.10. The molecule has 31 heavy (non-hydrogen) atoms. The number of nitrogens with one attached hydrogen (secondary N) is 2. The van der Waals surface area contributed by atoms with Crippen LogP contribution in [0.25, 0.3) is 33.4 Å². The zero-order valence-corrected chi connectivity index (χ0v) is 16.7. The first-order valence-electron chi connectivity index (χ1n) is 10.0. The summed E-state index contributed by atoms with van der Waals surface area (Å²) in [5, 5.41) is 0.542. The van der Waals surface area contributed by atoms with Crippen molar-refractivity contribution in [2.45, 2.75) is 6.54 Å². The van der Waals surface area contributed by atoms with Crippen LogP contribution in [-0.4, -0.2) is 14.5 Å². The second-order valence-corrected chi connectivity index (χ2v) is 7.28. The monoisotopic (exact) mass is 407 g/mol. The van der Waals surface area contributed by atoms with Crippen molar-refractivity contribution in [2.75, 3.05) is 5.43 Å². The molecule has 0 aliphatic heterocycles. The Bertz CT molecular complexity index is 1390. The van der Waals surface area contributed by atoms with Crippen LogP contribution in [0.3, 0.4) is 0 Å². The van der Waals surface area contributed by atoms with Crippen molar-refractivity contribution in [3.05, 3.63) is 107 Å². The second kappa shape index (κ2) is 7.93. The number of anilines is 1. The molecule has 6 nitrogen and oxygen atoms in total. The molecule has 4 N–H and O–H groups in total. The summed E-state index contributed by atoms with van der Waals surface area (Å²) in [6.07, 6.45) is 0. The molecule has 3 aromatic carbocycles. The van der Waals surface area contributed by atoms with Crippen LogP contribution >= 0.6 is 0 Å². The minimum absolute atomic E-state index is 0.225. The van der Waals surface area contributed by atoms with E-state index in [4.69, 9.17) is 5.84 Å². The summed E-state index contributed by atoms with van der Waals surface area (Å²) in [4.78, 5) is 20.6. The lowest BCUT2D eigenvalue weighted by molar-refractivity contribution is 0.831. The highest BCUT2D eigenvalue weighted by Gasteiger charge is 2.24. The maximum Gasteiger partial charge on any atom is 0.262 e. The fourth-order valence-corrected chi connectivity index (χ4v) is 4.01. The standard InChI is InChI=1S/C25H21N5O/c26-29-25-27-23-21(24(31)28-25)20(18-12-6-2-7-13-18)22(19-14-8-3-9-15-19)30(23)16-17-10-4-1-5-11-17/h1-15H,16,26H2,(H2,27,28,29,31). The van der Waals surface area contributed by atoms with E-state index in [-0.39, 0.29) is 11.5 Å². The van der Waals surface area contributed by atoms with Gasteiger partial charge in [-0.25, -0.2) is 5.84 Å². The van der Waals surface area contributed by atoms with Crippen LogP contribution in [0.4, 0.5) is 5.95 Å². The first kappa shape index (κ1) is 18.8. The number of nitrogens with zero attached hydrogens (tertiary/aromatic N) is 2. The van der Waals surface area contributed by atoms with Gasteiger partial charge in [0, 0.05) is 12.1 Å². The fraction of sp³-hybridized carbons (Fsp3) is 0.0400. The molecule has 0 unspecified atom stereocenters. The quantitative estimate of drug-likeness (QED) is 0.298. The molecule has 0 aliphatic rings. The van der Waals surface area contributed by atoms with E-state index >= 15 is 0 Å². The SMILES string of the molecule is NNc1nc2c(c(-c3ccccc3)c(-c3ccccc3)n2Cc2ccccc2)c(=O)[nH]1. The number of nitrogens with two attached hydrogens (primary N) is 1. The number of nitrogen functional groups attached to an aromatic ring is 1. The lowest BCUT2D eigenvalue weighted by atomic mass is 9.99. The van der Waals surface area contributed by atoms with Gasteiger partial charge in [-0.2, -0.15) is 4.98 Å². The third kappa shape index (κ3) is 3.39. The smallest absolute Gasteiger partial charge is 0.262 e.